The van der Waals surface area contributed by atoms with E-state index in [1.54, 1.807) is 0 Å². The fourth-order valence-electron chi connectivity index (χ4n) is 2.85. The number of carbonyl (C=O) groups excluding carboxylic acids is 1. The predicted octanol–water partition coefficient (Wildman–Crippen LogP) is 0.826. The van der Waals surface area contributed by atoms with Gasteiger partial charge in [-0.3, -0.25) is 4.79 Å². The molecule has 1 aliphatic carbocycles. The van der Waals surface area contributed by atoms with Crippen molar-refractivity contribution in [2.24, 2.45) is 17.6 Å². The molecule has 0 aromatic carbocycles. The van der Waals surface area contributed by atoms with E-state index in [9.17, 15) is 14.7 Å². The molecule has 0 radical (unpaired) electrons. The molecule has 0 aromatic heterocycles. The first-order valence-electron chi connectivity index (χ1n) is 6.78. The van der Waals surface area contributed by atoms with Crippen LogP contribution in [0, 0.1) is 11.8 Å². The van der Waals surface area contributed by atoms with Gasteiger partial charge in [-0.1, -0.05) is 6.92 Å². The fourth-order valence-corrected chi connectivity index (χ4v) is 2.85. The molecule has 1 heterocycles. The summed E-state index contributed by atoms with van der Waals surface area (Å²) >= 11 is 0. The van der Waals surface area contributed by atoms with E-state index in [0.29, 0.717) is 18.9 Å². The topological polar surface area (TPSA) is 83.6 Å². The zero-order valence-corrected chi connectivity index (χ0v) is 10.8. The first-order chi connectivity index (χ1) is 8.50. The van der Waals surface area contributed by atoms with Crippen LogP contribution in [0.1, 0.15) is 39.0 Å². The summed E-state index contributed by atoms with van der Waals surface area (Å²) in [6, 6.07) is -0.762. The van der Waals surface area contributed by atoms with E-state index in [-0.39, 0.29) is 17.9 Å². The molecular weight excluding hydrogens is 232 g/mol. The highest BCUT2D eigenvalue weighted by Gasteiger charge is 2.38. The Morgan fingerprint density at radius 3 is 2.61 bits per heavy atom. The van der Waals surface area contributed by atoms with Crippen LogP contribution in [0.15, 0.2) is 0 Å². The van der Waals surface area contributed by atoms with Gasteiger partial charge in [0.1, 0.15) is 6.04 Å². The summed E-state index contributed by atoms with van der Waals surface area (Å²) in [7, 11) is 0. The summed E-state index contributed by atoms with van der Waals surface area (Å²) in [6.07, 6.45) is 4.26. The van der Waals surface area contributed by atoms with Gasteiger partial charge >= 0.3 is 5.97 Å². The van der Waals surface area contributed by atoms with Crippen LogP contribution in [0.3, 0.4) is 0 Å². The minimum atomic E-state index is -0.893. The molecule has 102 valence electrons. The molecule has 18 heavy (non-hydrogen) atoms. The Labute approximate surface area is 107 Å². The van der Waals surface area contributed by atoms with Crippen LogP contribution in [0.25, 0.3) is 0 Å². The van der Waals surface area contributed by atoms with Gasteiger partial charge in [-0.25, -0.2) is 4.79 Å². The molecule has 1 saturated heterocycles. The lowest BCUT2D eigenvalue weighted by atomic mass is 9.90. The average Bonchev–Trinajstić information content (AvgIpc) is 3.11. The number of piperidine rings is 1. The van der Waals surface area contributed by atoms with Crippen molar-refractivity contribution in [2.45, 2.75) is 51.1 Å². The zero-order valence-electron chi connectivity index (χ0n) is 10.8. The van der Waals surface area contributed by atoms with Crippen LogP contribution >= 0.6 is 0 Å². The number of hydrogen-bond acceptors (Lipinski definition) is 3. The highest BCUT2D eigenvalue weighted by Crippen LogP contribution is 2.33. The lowest BCUT2D eigenvalue weighted by Gasteiger charge is -2.37. The molecule has 0 bridgehead atoms. The van der Waals surface area contributed by atoms with Gasteiger partial charge in [0.05, 0.1) is 0 Å². The summed E-state index contributed by atoms with van der Waals surface area (Å²) in [5.74, 6) is -0.485. The molecule has 0 aromatic rings. The number of aliphatic carboxylic acids is 1. The van der Waals surface area contributed by atoms with Gasteiger partial charge in [-0.2, -0.15) is 0 Å². The molecular formula is C13H22N2O3. The average molecular weight is 254 g/mol. The number of carbonyl (C=O) groups is 2. The summed E-state index contributed by atoms with van der Waals surface area (Å²) < 4.78 is 0. The van der Waals surface area contributed by atoms with Crippen LogP contribution < -0.4 is 5.73 Å². The van der Waals surface area contributed by atoms with Crippen molar-refractivity contribution >= 4 is 11.9 Å². The Morgan fingerprint density at radius 1 is 1.39 bits per heavy atom. The van der Waals surface area contributed by atoms with Gasteiger partial charge in [0, 0.05) is 19.0 Å². The SMILES string of the molecule is CC1CCCN(C(=O)CC(N)C2CC2)C1C(=O)O. The molecule has 3 unspecified atom stereocenters. The fraction of sp³-hybridized carbons (Fsp3) is 0.846. The summed E-state index contributed by atoms with van der Waals surface area (Å²) in [5, 5.41) is 9.26. The number of hydrogen-bond donors (Lipinski definition) is 2. The van der Waals surface area contributed by atoms with Crippen molar-refractivity contribution in [3.05, 3.63) is 0 Å². The van der Waals surface area contributed by atoms with Crippen LogP contribution in [0.4, 0.5) is 0 Å². The van der Waals surface area contributed by atoms with Gasteiger partial charge in [0.2, 0.25) is 5.91 Å². The molecule has 3 atom stereocenters. The second-order valence-electron chi connectivity index (χ2n) is 5.70. The largest absolute Gasteiger partial charge is 0.480 e. The highest BCUT2D eigenvalue weighted by atomic mass is 16.4. The molecule has 3 N–H and O–H groups in total. The third-order valence-electron chi connectivity index (χ3n) is 4.14. The number of rotatable bonds is 4. The zero-order chi connectivity index (χ0) is 13.3. The first kappa shape index (κ1) is 13.3. The molecule has 5 heteroatoms. The first-order valence-corrected chi connectivity index (χ1v) is 6.78. The Balaban J connectivity index is 1.99. The van der Waals surface area contributed by atoms with Gasteiger partial charge in [-0.15, -0.1) is 0 Å². The van der Waals surface area contributed by atoms with Gasteiger partial charge < -0.3 is 15.7 Å². The number of nitrogens with zero attached hydrogens (tertiary/aromatic N) is 1. The molecule has 1 saturated carbocycles. The lowest BCUT2D eigenvalue weighted by Crippen LogP contribution is -2.53. The Kier molecular flexibility index (Phi) is 3.90. The highest BCUT2D eigenvalue weighted by molar-refractivity contribution is 5.84. The van der Waals surface area contributed by atoms with E-state index in [1.807, 2.05) is 6.92 Å². The van der Waals surface area contributed by atoms with E-state index in [4.69, 9.17) is 5.73 Å². The molecule has 0 spiro atoms. The van der Waals surface area contributed by atoms with E-state index < -0.39 is 12.0 Å². The number of carboxylic acid groups (broad SMARTS) is 1. The van der Waals surface area contributed by atoms with E-state index in [2.05, 4.69) is 0 Å². The second kappa shape index (κ2) is 5.26. The molecule has 1 aliphatic heterocycles. The smallest absolute Gasteiger partial charge is 0.326 e. The Hall–Kier alpha value is -1.10. The van der Waals surface area contributed by atoms with Crippen molar-refractivity contribution in [3.8, 4) is 0 Å². The minimum Gasteiger partial charge on any atom is -0.480 e. The third-order valence-corrected chi connectivity index (χ3v) is 4.14. The molecule has 2 rings (SSSR count). The standard InChI is InChI=1S/C13H22N2O3/c1-8-3-2-6-15(12(8)13(17)18)11(16)7-10(14)9-4-5-9/h8-10,12H,2-7,14H2,1H3,(H,17,18). The maximum Gasteiger partial charge on any atom is 0.326 e. The van der Waals surface area contributed by atoms with Crippen LogP contribution in [0.5, 0.6) is 0 Å². The molecule has 2 aliphatic rings. The lowest BCUT2D eigenvalue weighted by molar-refractivity contribution is -0.154. The van der Waals surface area contributed by atoms with Crippen LogP contribution in [-0.4, -0.2) is 40.5 Å². The summed E-state index contributed by atoms with van der Waals surface area (Å²) in [4.78, 5) is 25.0. The minimum absolute atomic E-state index is 0.0253. The quantitative estimate of drug-likeness (QED) is 0.778. The van der Waals surface area contributed by atoms with Crippen molar-refractivity contribution in [2.75, 3.05) is 6.54 Å². The number of likely N-dealkylation sites (tertiary alicyclic amines) is 1. The maximum absolute atomic E-state index is 12.2. The number of carboxylic acids is 1. The van der Waals surface area contributed by atoms with E-state index in [1.165, 1.54) is 4.90 Å². The van der Waals surface area contributed by atoms with E-state index >= 15 is 0 Å². The molecule has 1 amide bonds. The molecule has 2 fully saturated rings. The second-order valence-corrected chi connectivity index (χ2v) is 5.70. The summed E-state index contributed by atoms with van der Waals surface area (Å²) in [6.45, 7) is 2.45. The number of amides is 1. The van der Waals surface area contributed by atoms with Crippen molar-refractivity contribution in [3.63, 3.8) is 0 Å². The summed E-state index contributed by atoms with van der Waals surface area (Å²) in [5.41, 5.74) is 5.95. The predicted molar refractivity (Wildman–Crippen MR) is 66.9 cm³/mol. The third kappa shape index (κ3) is 2.83. The maximum atomic E-state index is 12.2. The Morgan fingerprint density at radius 2 is 2.06 bits per heavy atom. The van der Waals surface area contributed by atoms with Gasteiger partial charge in [-0.05, 0) is 37.5 Å². The van der Waals surface area contributed by atoms with Gasteiger partial charge in [0.25, 0.3) is 0 Å². The van der Waals surface area contributed by atoms with Crippen molar-refractivity contribution in [1.82, 2.24) is 4.90 Å². The monoisotopic (exact) mass is 254 g/mol. The van der Waals surface area contributed by atoms with Crippen molar-refractivity contribution < 1.29 is 14.7 Å². The normalized spacial score (nSPS) is 30.0. The van der Waals surface area contributed by atoms with E-state index in [0.717, 1.165) is 25.7 Å². The number of nitrogens with two attached hydrogens (primary N) is 1. The van der Waals surface area contributed by atoms with Gasteiger partial charge in [0.15, 0.2) is 0 Å². The van der Waals surface area contributed by atoms with Crippen molar-refractivity contribution in [1.29, 1.82) is 0 Å². The van der Waals surface area contributed by atoms with Crippen LogP contribution in [0.2, 0.25) is 0 Å². The van der Waals surface area contributed by atoms with Crippen LogP contribution in [-0.2, 0) is 9.59 Å². The molecule has 5 nitrogen and oxygen atoms in total. The Bertz CT molecular complexity index is 341.